The molecule has 0 saturated heterocycles. The minimum absolute atomic E-state index is 0.0492. The zero-order valence-corrected chi connectivity index (χ0v) is 15.0. The van der Waals surface area contributed by atoms with Crippen LogP contribution in [0.4, 0.5) is 0 Å². The van der Waals surface area contributed by atoms with Crippen LogP contribution in [0.3, 0.4) is 0 Å². The first-order valence-electron chi connectivity index (χ1n) is 9.12. The van der Waals surface area contributed by atoms with Gasteiger partial charge in [-0.2, -0.15) is 0 Å². The molecule has 2 aromatic carbocycles. The second kappa shape index (κ2) is 8.50. The van der Waals surface area contributed by atoms with E-state index in [1.54, 1.807) is 0 Å². The molecule has 0 amide bonds. The highest BCUT2D eigenvalue weighted by Gasteiger charge is 2.35. The van der Waals surface area contributed by atoms with Gasteiger partial charge in [0.1, 0.15) is 24.7 Å². The minimum atomic E-state index is 0.0492. The normalized spacial score (nSPS) is 15.5. The molecule has 132 valence electrons. The standard InChI is InChI=1S/C24H24O2/c1-3-18-25-22-12-8-20(9-13-22)24(16-6-5-7-17-24)21-10-14-23(15-11-21)26-19-4-2/h1-2,8-15H,5-7,16-19H2. The van der Waals surface area contributed by atoms with Crippen LogP contribution < -0.4 is 9.47 Å². The van der Waals surface area contributed by atoms with Crippen molar-refractivity contribution < 1.29 is 9.47 Å². The molecule has 0 aromatic heterocycles. The predicted molar refractivity (Wildman–Crippen MR) is 105 cm³/mol. The third-order valence-corrected chi connectivity index (χ3v) is 5.17. The van der Waals surface area contributed by atoms with Gasteiger partial charge >= 0.3 is 0 Å². The van der Waals surface area contributed by atoms with Gasteiger partial charge in [-0.15, -0.1) is 12.8 Å². The Morgan fingerprint density at radius 2 is 1.12 bits per heavy atom. The van der Waals surface area contributed by atoms with Gasteiger partial charge in [0.25, 0.3) is 0 Å². The lowest BCUT2D eigenvalue weighted by molar-refractivity contribution is 0.342. The quantitative estimate of drug-likeness (QED) is 0.690. The van der Waals surface area contributed by atoms with Gasteiger partial charge in [-0.05, 0) is 48.2 Å². The molecule has 0 N–H and O–H groups in total. The maximum atomic E-state index is 5.52. The van der Waals surface area contributed by atoms with Gasteiger partial charge in [0.05, 0.1) is 0 Å². The first-order valence-corrected chi connectivity index (χ1v) is 9.12. The molecule has 26 heavy (non-hydrogen) atoms. The van der Waals surface area contributed by atoms with E-state index in [1.807, 2.05) is 24.3 Å². The predicted octanol–water partition coefficient (Wildman–Crippen LogP) is 4.96. The highest BCUT2D eigenvalue weighted by molar-refractivity contribution is 5.43. The highest BCUT2D eigenvalue weighted by Crippen LogP contribution is 2.45. The maximum Gasteiger partial charge on any atom is 0.148 e. The third kappa shape index (κ3) is 3.87. The Balaban J connectivity index is 1.89. The molecule has 0 radical (unpaired) electrons. The van der Waals surface area contributed by atoms with Crippen LogP contribution in [0.5, 0.6) is 11.5 Å². The molecule has 2 aromatic rings. The van der Waals surface area contributed by atoms with Crippen molar-refractivity contribution in [1.82, 2.24) is 0 Å². The summed E-state index contributed by atoms with van der Waals surface area (Å²) in [4.78, 5) is 0. The number of hydrogen-bond acceptors (Lipinski definition) is 2. The van der Waals surface area contributed by atoms with Crippen molar-refractivity contribution in [3.8, 4) is 36.2 Å². The van der Waals surface area contributed by atoms with E-state index in [-0.39, 0.29) is 5.41 Å². The number of ether oxygens (including phenoxy) is 2. The van der Waals surface area contributed by atoms with Gasteiger partial charge in [-0.25, -0.2) is 0 Å². The van der Waals surface area contributed by atoms with Crippen molar-refractivity contribution in [2.24, 2.45) is 0 Å². The van der Waals surface area contributed by atoms with Crippen LogP contribution >= 0.6 is 0 Å². The number of terminal acetylenes is 2. The summed E-state index contributed by atoms with van der Waals surface area (Å²) < 4.78 is 11.0. The monoisotopic (exact) mass is 344 g/mol. The summed E-state index contributed by atoms with van der Waals surface area (Å²) in [7, 11) is 0. The summed E-state index contributed by atoms with van der Waals surface area (Å²) in [6.07, 6.45) is 16.6. The molecular formula is C24H24O2. The van der Waals surface area contributed by atoms with Gasteiger partial charge in [0, 0.05) is 5.41 Å². The largest absolute Gasteiger partial charge is 0.481 e. The molecule has 0 aliphatic heterocycles. The average Bonchev–Trinajstić information content (AvgIpc) is 2.72. The molecule has 0 atom stereocenters. The molecule has 0 spiro atoms. The molecule has 1 aliphatic rings. The van der Waals surface area contributed by atoms with Crippen LogP contribution in [0.1, 0.15) is 43.2 Å². The average molecular weight is 344 g/mol. The molecule has 1 saturated carbocycles. The summed E-state index contributed by atoms with van der Waals surface area (Å²) in [6, 6.07) is 16.8. The molecule has 0 bridgehead atoms. The van der Waals surface area contributed by atoms with Crippen molar-refractivity contribution in [1.29, 1.82) is 0 Å². The summed E-state index contributed by atoms with van der Waals surface area (Å²) in [6.45, 7) is 0.590. The van der Waals surface area contributed by atoms with Crippen LogP contribution in [0.15, 0.2) is 48.5 Å². The van der Waals surface area contributed by atoms with E-state index in [0.29, 0.717) is 13.2 Å². The summed E-state index contributed by atoms with van der Waals surface area (Å²) in [5, 5.41) is 0. The molecular weight excluding hydrogens is 320 g/mol. The van der Waals surface area contributed by atoms with E-state index < -0.39 is 0 Å². The zero-order chi connectivity index (χ0) is 18.2. The molecule has 1 aliphatic carbocycles. The van der Waals surface area contributed by atoms with E-state index in [1.165, 1.54) is 30.4 Å². The fraction of sp³-hybridized carbons (Fsp3) is 0.333. The lowest BCUT2D eigenvalue weighted by Crippen LogP contribution is -2.30. The van der Waals surface area contributed by atoms with Crippen LogP contribution in [-0.2, 0) is 5.41 Å². The van der Waals surface area contributed by atoms with Crippen LogP contribution in [-0.4, -0.2) is 13.2 Å². The van der Waals surface area contributed by atoms with Gasteiger partial charge in [0.2, 0.25) is 0 Å². The Morgan fingerprint density at radius 3 is 1.50 bits per heavy atom. The van der Waals surface area contributed by atoms with Crippen molar-refractivity contribution in [2.45, 2.75) is 37.5 Å². The van der Waals surface area contributed by atoms with E-state index >= 15 is 0 Å². The number of benzene rings is 2. The summed E-state index contributed by atoms with van der Waals surface area (Å²) in [5.74, 6) is 6.63. The Labute approximate surface area is 156 Å². The van der Waals surface area contributed by atoms with Crippen molar-refractivity contribution in [3.05, 3.63) is 59.7 Å². The Kier molecular flexibility index (Phi) is 5.88. The molecule has 1 fully saturated rings. The lowest BCUT2D eigenvalue weighted by atomic mass is 9.65. The summed E-state index contributed by atoms with van der Waals surface area (Å²) >= 11 is 0. The van der Waals surface area contributed by atoms with Crippen LogP contribution in [0, 0.1) is 24.7 Å². The third-order valence-electron chi connectivity index (χ3n) is 5.17. The van der Waals surface area contributed by atoms with Crippen molar-refractivity contribution in [2.75, 3.05) is 13.2 Å². The molecule has 3 rings (SSSR count). The van der Waals surface area contributed by atoms with E-state index in [2.05, 4.69) is 36.1 Å². The first-order chi connectivity index (χ1) is 12.8. The first kappa shape index (κ1) is 18.0. The lowest BCUT2D eigenvalue weighted by Gasteiger charge is -2.38. The fourth-order valence-corrected chi connectivity index (χ4v) is 3.89. The Morgan fingerprint density at radius 1 is 0.692 bits per heavy atom. The molecule has 0 heterocycles. The van der Waals surface area contributed by atoms with Gasteiger partial charge in [-0.1, -0.05) is 55.4 Å². The van der Waals surface area contributed by atoms with Gasteiger partial charge < -0.3 is 9.47 Å². The molecule has 2 nitrogen and oxygen atoms in total. The second-order valence-corrected chi connectivity index (χ2v) is 6.68. The molecule has 0 unspecified atom stereocenters. The number of hydrogen-bond donors (Lipinski definition) is 0. The highest BCUT2D eigenvalue weighted by atomic mass is 16.5. The van der Waals surface area contributed by atoms with Crippen molar-refractivity contribution >= 4 is 0 Å². The van der Waals surface area contributed by atoms with E-state index in [4.69, 9.17) is 22.3 Å². The molecule has 2 heteroatoms. The Hall–Kier alpha value is -2.84. The second-order valence-electron chi connectivity index (χ2n) is 6.68. The van der Waals surface area contributed by atoms with E-state index in [0.717, 1.165) is 24.3 Å². The van der Waals surface area contributed by atoms with Crippen molar-refractivity contribution in [3.63, 3.8) is 0 Å². The van der Waals surface area contributed by atoms with Gasteiger partial charge in [-0.3, -0.25) is 0 Å². The smallest absolute Gasteiger partial charge is 0.148 e. The summed E-state index contributed by atoms with van der Waals surface area (Å²) in [5.41, 5.74) is 2.72. The Bertz CT molecular complexity index is 719. The number of rotatable bonds is 6. The SMILES string of the molecule is C#CCOc1ccc(C2(c3ccc(OCC#C)cc3)CCCCC2)cc1. The van der Waals surface area contributed by atoms with Crippen LogP contribution in [0.25, 0.3) is 0 Å². The topological polar surface area (TPSA) is 18.5 Å². The minimum Gasteiger partial charge on any atom is -0.481 e. The van der Waals surface area contributed by atoms with Crippen LogP contribution in [0.2, 0.25) is 0 Å². The zero-order valence-electron chi connectivity index (χ0n) is 15.0. The van der Waals surface area contributed by atoms with E-state index in [9.17, 15) is 0 Å². The fourth-order valence-electron chi connectivity index (χ4n) is 3.89. The van der Waals surface area contributed by atoms with Gasteiger partial charge in [0.15, 0.2) is 0 Å². The maximum absolute atomic E-state index is 5.52.